The Kier molecular flexibility index (Phi) is 4.29. The van der Waals surface area contributed by atoms with Crippen molar-refractivity contribution in [2.75, 3.05) is 0 Å². The van der Waals surface area contributed by atoms with E-state index in [2.05, 4.69) is 6.07 Å². The van der Waals surface area contributed by atoms with Gasteiger partial charge < -0.3 is 10.2 Å². The molecule has 0 aromatic heterocycles. The fourth-order valence-corrected chi connectivity index (χ4v) is 2.15. The molecule has 1 aromatic carbocycles. The predicted octanol–water partition coefficient (Wildman–Crippen LogP) is 2.82. The second-order valence-corrected chi connectivity index (χ2v) is 4.62. The number of carboxylic acids is 1. The average molecular weight is 236 g/mol. The van der Waals surface area contributed by atoms with Gasteiger partial charge in [0.15, 0.2) is 0 Å². The predicted molar refractivity (Wildman–Crippen MR) is 67.2 cm³/mol. The van der Waals surface area contributed by atoms with E-state index >= 15 is 0 Å². The van der Waals surface area contributed by atoms with E-state index in [0.717, 1.165) is 27.8 Å². The van der Waals surface area contributed by atoms with Gasteiger partial charge in [-0.1, -0.05) is 6.07 Å². The summed E-state index contributed by atoms with van der Waals surface area (Å²) in [5.41, 5.74) is 5.29. The number of aryl methyl sites for hydroxylation is 2. The molecule has 1 atom stereocenters. The molecule has 0 saturated carbocycles. The Bertz CT molecular complexity index is 409. The van der Waals surface area contributed by atoms with Gasteiger partial charge in [0.2, 0.25) is 0 Å². The van der Waals surface area contributed by atoms with Crippen LogP contribution in [0.4, 0.5) is 0 Å². The number of hydrogen-bond acceptors (Lipinski definition) is 2. The first-order valence-electron chi connectivity index (χ1n) is 5.81. The molecule has 0 aliphatic carbocycles. The monoisotopic (exact) mass is 236 g/mol. The van der Waals surface area contributed by atoms with Crippen LogP contribution in [0.1, 0.15) is 46.8 Å². The third-order valence-corrected chi connectivity index (χ3v) is 3.39. The Morgan fingerprint density at radius 3 is 2.06 bits per heavy atom. The van der Waals surface area contributed by atoms with Crippen LogP contribution in [0.5, 0.6) is 0 Å². The van der Waals surface area contributed by atoms with Crippen LogP contribution in [0.25, 0.3) is 0 Å². The van der Waals surface area contributed by atoms with Crippen molar-refractivity contribution in [2.45, 2.75) is 46.6 Å². The van der Waals surface area contributed by atoms with Gasteiger partial charge >= 0.3 is 5.97 Å². The topological polar surface area (TPSA) is 57.5 Å². The summed E-state index contributed by atoms with van der Waals surface area (Å²) in [6.45, 7) is 7.96. The van der Waals surface area contributed by atoms with Gasteiger partial charge in [-0.25, -0.2) is 0 Å². The lowest BCUT2D eigenvalue weighted by Gasteiger charge is -2.19. The summed E-state index contributed by atoms with van der Waals surface area (Å²) in [7, 11) is 0. The molecule has 2 N–H and O–H groups in total. The Balaban J connectivity index is 3.07. The molecule has 1 aromatic rings. The van der Waals surface area contributed by atoms with Crippen LogP contribution in [0, 0.1) is 27.7 Å². The zero-order valence-corrected chi connectivity index (χ0v) is 10.9. The normalized spacial score (nSPS) is 12.5. The molecule has 17 heavy (non-hydrogen) atoms. The second kappa shape index (κ2) is 5.32. The van der Waals surface area contributed by atoms with Gasteiger partial charge in [0, 0.05) is 6.42 Å². The molecule has 0 heterocycles. The van der Waals surface area contributed by atoms with Crippen LogP contribution >= 0.6 is 0 Å². The van der Waals surface area contributed by atoms with Crippen LogP contribution in [0.2, 0.25) is 0 Å². The van der Waals surface area contributed by atoms with Crippen LogP contribution in [0.15, 0.2) is 6.07 Å². The van der Waals surface area contributed by atoms with Crippen molar-refractivity contribution in [1.29, 1.82) is 0 Å². The van der Waals surface area contributed by atoms with Crippen molar-refractivity contribution in [3.8, 4) is 0 Å². The Labute approximate surface area is 102 Å². The SMILES string of the molecule is Cc1cc(C)c(C)c(C(O)CCC(=O)O)c1C. The minimum Gasteiger partial charge on any atom is -0.481 e. The molecule has 0 radical (unpaired) electrons. The largest absolute Gasteiger partial charge is 0.481 e. The summed E-state index contributed by atoms with van der Waals surface area (Å²) >= 11 is 0. The molecule has 3 nitrogen and oxygen atoms in total. The third-order valence-electron chi connectivity index (χ3n) is 3.39. The van der Waals surface area contributed by atoms with Crippen molar-refractivity contribution in [2.24, 2.45) is 0 Å². The van der Waals surface area contributed by atoms with Crippen LogP contribution in [0.3, 0.4) is 0 Å². The highest BCUT2D eigenvalue weighted by atomic mass is 16.4. The second-order valence-electron chi connectivity index (χ2n) is 4.62. The lowest BCUT2D eigenvalue weighted by atomic mass is 9.89. The molecule has 0 bridgehead atoms. The van der Waals surface area contributed by atoms with Crippen LogP contribution in [-0.2, 0) is 4.79 Å². The number of carboxylic acid groups (broad SMARTS) is 1. The number of carbonyl (C=O) groups is 1. The van der Waals surface area contributed by atoms with Crippen LogP contribution < -0.4 is 0 Å². The smallest absolute Gasteiger partial charge is 0.303 e. The van der Waals surface area contributed by atoms with Crippen molar-refractivity contribution >= 4 is 5.97 Å². The number of aliphatic carboxylic acids is 1. The van der Waals surface area contributed by atoms with Crippen LogP contribution in [-0.4, -0.2) is 16.2 Å². The van der Waals surface area contributed by atoms with Gasteiger partial charge in [-0.05, 0) is 61.9 Å². The zero-order valence-electron chi connectivity index (χ0n) is 10.9. The quantitative estimate of drug-likeness (QED) is 0.845. The Morgan fingerprint density at radius 2 is 1.65 bits per heavy atom. The highest BCUT2D eigenvalue weighted by Gasteiger charge is 2.17. The summed E-state index contributed by atoms with van der Waals surface area (Å²) in [6.07, 6.45) is -0.433. The van der Waals surface area contributed by atoms with E-state index in [1.54, 1.807) is 0 Å². The Morgan fingerprint density at radius 1 is 1.18 bits per heavy atom. The fraction of sp³-hybridized carbons (Fsp3) is 0.500. The van der Waals surface area contributed by atoms with Gasteiger partial charge in [-0.3, -0.25) is 4.79 Å². The average Bonchev–Trinajstić information content (AvgIpc) is 2.24. The number of aliphatic hydroxyl groups excluding tert-OH is 1. The number of hydrogen-bond donors (Lipinski definition) is 2. The van der Waals surface area contributed by atoms with Gasteiger partial charge in [-0.2, -0.15) is 0 Å². The van der Waals surface area contributed by atoms with Gasteiger partial charge in [0.05, 0.1) is 6.10 Å². The molecule has 94 valence electrons. The maximum absolute atomic E-state index is 10.5. The Hall–Kier alpha value is -1.35. The summed E-state index contributed by atoms with van der Waals surface area (Å²) in [6, 6.07) is 2.10. The standard InChI is InChI=1S/C14H20O3/c1-8-7-9(2)11(4)14(10(8)3)12(15)5-6-13(16)17/h7,12,15H,5-6H2,1-4H3,(H,16,17). The maximum atomic E-state index is 10.5. The highest BCUT2D eigenvalue weighted by molar-refractivity contribution is 5.66. The van der Waals surface area contributed by atoms with E-state index < -0.39 is 12.1 Å². The highest BCUT2D eigenvalue weighted by Crippen LogP contribution is 2.29. The molecule has 0 spiro atoms. The first-order valence-corrected chi connectivity index (χ1v) is 5.81. The molecule has 0 fully saturated rings. The van der Waals surface area contributed by atoms with Crippen molar-refractivity contribution in [1.82, 2.24) is 0 Å². The zero-order chi connectivity index (χ0) is 13.2. The number of rotatable bonds is 4. The summed E-state index contributed by atoms with van der Waals surface area (Å²) in [4.78, 5) is 10.5. The lowest BCUT2D eigenvalue weighted by Crippen LogP contribution is -2.08. The van der Waals surface area contributed by atoms with Crippen molar-refractivity contribution in [3.05, 3.63) is 33.9 Å². The maximum Gasteiger partial charge on any atom is 0.303 e. The van der Waals surface area contributed by atoms with E-state index in [9.17, 15) is 9.90 Å². The lowest BCUT2D eigenvalue weighted by molar-refractivity contribution is -0.137. The minimum atomic E-state index is -0.872. The first kappa shape index (κ1) is 13.7. The molecule has 3 heteroatoms. The molecule has 0 aliphatic heterocycles. The molecule has 1 rings (SSSR count). The summed E-state index contributed by atoms with van der Waals surface area (Å²) < 4.78 is 0. The van der Waals surface area contributed by atoms with Gasteiger partial charge in [-0.15, -0.1) is 0 Å². The minimum absolute atomic E-state index is 0.00691. The van der Waals surface area contributed by atoms with E-state index in [0.29, 0.717) is 0 Å². The van der Waals surface area contributed by atoms with Crippen molar-refractivity contribution < 1.29 is 15.0 Å². The number of benzene rings is 1. The van der Waals surface area contributed by atoms with Crippen molar-refractivity contribution in [3.63, 3.8) is 0 Å². The molecule has 0 aliphatic rings. The van der Waals surface area contributed by atoms with E-state index in [1.807, 2.05) is 27.7 Å². The molecule has 1 unspecified atom stereocenters. The third kappa shape index (κ3) is 3.07. The van der Waals surface area contributed by atoms with E-state index in [-0.39, 0.29) is 12.8 Å². The fourth-order valence-electron chi connectivity index (χ4n) is 2.15. The van der Waals surface area contributed by atoms with Gasteiger partial charge in [0.1, 0.15) is 0 Å². The summed E-state index contributed by atoms with van der Waals surface area (Å²) in [5.74, 6) is -0.872. The first-order chi connectivity index (χ1) is 7.84. The van der Waals surface area contributed by atoms with E-state index in [1.165, 1.54) is 0 Å². The summed E-state index contributed by atoms with van der Waals surface area (Å²) in [5, 5.41) is 18.8. The van der Waals surface area contributed by atoms with Gasteiger partial charge in [0.25, 0.3) is 0 Å². The van der Waals surface area contributed by atoms with E-state index in [4.69, 9.17) is 5.11 Å². The molecule has 0 saturated heterocycles. The number of aliphatic hydroxyl groups is 1. The molecular formula is C14H20O3. The molecular weight excluding hydrogens is 216 g/mol. The molecule has 0 amide bonds.